The highest BCUT2D eigenvalue weighted by Crippen LogP contribution is 2.39. The fourth-order valence-electron chi connectivity index (χ4n) is 9.99. The third-order valence-electron chi connectivity index (χ3n) is 13.9. The monoisotopic (exact) mass is 1040 g/mol. The molecule has 0 heterocycles. The maximum absolute atomic E-state index is 13.9. The van der Waals surface area contributed by atoms with Gasteiger partial charge >= 0.3 is 24.4 Å². The van der Waals surface area contributed by atoms with Gasteiger partial charge < -0.3 is 48.9 Å². The average Bonchev–Trinajstić information content (AvgIpc) is 3.46. The molecular formula is C60H53N5O12. The van der Waals surface area contributed by atoms with Crippen molar-refractivity contribution in [3.8, 4) is 17.2 Å². The predicted molar refractivity (Wildman–Crippen MR) is 293 cm³/mol. The lowest BCUT2D eigenvalue weighted by Gasteiger charge is -2.23. The van der Waals surface area contributed by atoms with E-state index in [1.54, 1.807) is 12.1 Å². The van der Waals surface area contributed by atoms with Crippen molar-refractivity contribution >= 4 is 94.7 Å². The van der Waals surface area contributed by atoms with E-state index in [2.05, 4.69) is 83.4 Å². The number of likely N-dealkylation sites (N-methyl/N-ethyl adjacent to an activating group) is 2. The highest BCUT2D eigenvalue weighted by molar-refractivity contribution is 6.24. The smallest absolute Gasteiger partial charge is 0.415 e. The van der Waals surface area contributed by atoms with Crippen molar-refractivity contribution in [2.75, 3.05) is 41.4 Å². The number of carbonyl (C=O) groups is 4. The molecule has 0 saturated carbocycles. The number of ether oxygens (including phenoxy) is 6. The van der Waals surface area contributed by atoms with E-state index in [0.717, 1.165) is 75.8 Å². The van der Waals surface area contributed by atoms with Crippen LogP contribution in [0.15, 0.2) is 133 Å². The van der Waals surface area contributed by atoms with E-state index in [4.69, 9.17) is 28.4 Å². The zero-order chi connectivity index (χ0) is 53.9. The van der Waals surface area contributed by atoms with Gasteiger partial charge in [-0.2, -0.15) is 0 Å². The van der Waals surface area contributed by atoms with Crippen molar-refractivity contribution in [3.05, 3.63) is 177 Å². The molecule has 17 nitrogen and oxygen atoms in total. The molecule has 4 amide bonds. The van der Waals surface area contributed by atoms with Gasteiger partial charge in [0.25, 0.3) is 5.69 Å². The summed E-state index contributed by atoms with van der Waals surface area (Å²) in [6.45, 7) is 1.00. The zero-order valence-corrected chi connectivity index (χ0v) is 42.9. The van der Waals surface area contributed by atoms with Crippen molar-refractivity contribution in [1.82, 2.24) is 20.4 Å². The van der Waals surface area contributed by atoms with Crippen molar-refractivity contribution in [2.24, 2.45) is 0 Å². The minimum Gasteiger partial charge on any atom is -0.493 e. The largest absolute Gasteiger partial charge is 0.493 e. The number of nitro benzene ring substituents is 1. The maximum atomic E-state index is 13.9. The number of methoxy groups -OCH3 is 2. The summed E-state index contributed by atoms with van der Waals surface area (Å²) in [6.07, 6.45) is -3.09. The van der Waals surface area contributed by atoms with Gasteiger partial charge in [-0.15, -0.1) is 0 Å². The lowest BCUT2D eigenvalue weighted by atomic mass is 9.92. The highest BCUT2D eigenvalue weighted by Gasteiger charge is 2.25. The first kappa shape index (κ1) is 50.9. The third-order valence-corrected chi connectivity index (χ3v) is 13.9. The summed E-state index contributed by atoms with van der Waals surface area (Å²) in [6, 6.07) is 43.1. The molecule has 17 heteroatoms. The first-order valence-electron chi connectivity index (χ1n) is 24.7. The first-order chi connectivity index (χ1) is 37.3. The Balaban J connectivity index is 0.826. The van der Waals surface area contributed by atoms with Gasteiger partial charge in [0.05, 0.1) is 30.8 Å². The molecule has 2 N–H and O–H groups in total. The molecule has 0 saturated heterocycles. The van der Waals surface area contributed by atoms with Crippen LogP contribution >= 0.6 is 0 Å². The van der Waals surface area contributed by atoms with E-state index in [1.807, 2.05) is 43.3 Å². The Hall–Kier alpha value is -9.64. The van der Waals surface area contributed by atoms with Crippen molar-refractivity contribution in [2.45, 2.75) is 39.8 Å². The number of nitrogens with one attached hydrogen (secondary N) is 2. The summed E-state index contributed by atoms with van der Waals surface area (Å²) in [7, 11) is 5.64. The number of alkyl carbamates (subject to hydrolysis) is 2. The number of aryl methyl sites for hydroxylation is 1. The Morgan fingerprint density at radius 2 is 0.922 bits per heavy atom. The SMILES string of the molecule is COc1cc(COC(=O)N(C)CCN(C)C(=O)Oc2c(COC(=O)NCc3ccc4ccc5cccc6ccc3c4c56)cc(C)cc2COC(=O)NCc2ccc3ccc4cccc5ccc2c3c45)c([N+](=O)[O-])cc1OC. The molecule has 77 heavy (non-hydrogen) atoms. The molecule has 0 bridgehead atoms. The molecule has 0 unspecified atom stereocenters. The number of benzene rings is 10. The van der Waals surface area contributed by atoms with Crippen LogP contribution in [0.3, 0.4) is 0 Å². The fourth-order valence-corrected chi connectivity index (χ4v) is 9.99. The van der Waals surface area contributed by atoms with Crippen LogP contribution in [0.4, 0.5) is 24.9 Å². The number of nitro groups is 1. The summed E-state index contributed by atoms with van der Waals surface area (Å²) in [5, 5.41) is 30.8. The van der Waals surface area contributed by atoms with Crippen molar-refractivity contribution in [1.29, 1.82) is 0 Å². The molecule has 0 aliphatic heterocycles. The molecule has 0 aliphatic carbocycles. The van der Waals surface area contributed by atoms with Gasteiger partial charge in [0.1, 0.15) is 25.6 Å². The molecule has 0 atom stereocenters. The van der Waals surface area contributed by atoms with Gasteiger partial charge in [-0.05, 0) is 101 Å². The summed E-state index contributed by atoms with van der Waals surface area (Å²) < 4.78 is 33.5. The Labute approximate surface area is 441 Å². The Morgan fingerprint density at radius 3 is 1.39 bits per heavy atom. The minimum atomic E-state index is -0.837. The molecule has 10 aromatic carbocycles. The summed E-state index contributed by atoms with van der Waals surface area (Å²) in [5.74, 6) is 0.367. The molecule has 0 fully saturated rings. The van der Waals surface area contributed by atoms with Crippen molar-refractivity contribution < 1.29 is 52.5 Å². The number of carbonyl (C=O) groups excluding carboxylic acids is 4. The van der Waals surface area contributed by atoms with Gasteiger partial charge in [-0.1, -0.05) is 115 Å². The quantitative estimate of drug-likeness (QED) is 0.0379. The standard InChI is InChI=1S/C60H53N5O12/c1-35-26-45(33-74-57(66)61-30-42-18-16-40-14-12-36-8-6-10-38-20-22-47(42)54(40)52(36)38)56(77-60(69)64(3)25-24-63(2)59(68)76-32-44-28-50(72-4)51(73-5)29-49(44)65(70)71)46(27-35)34-75-58(67)62-31-43-19-17-41-15-13-37-9-7-11-39-21-23-48(43)55(41)53(37)39/h6-23,26-29H,24-25,30-34H2,1-5H3,(H,61,66)(H,62,67). The fraction of sp³-hybridized carbons (Fsp3) is 0.200. The van der Waals surface area contributed by atoms with Gasteiger partial charge in [0.15, 0.2) is 11.5 Å². The molecule has 10 rings (SSSR count). The number of rotatable bonds is 17. The van der Waals surface area contributed by atoms with E-state index in [0.29, 0.717) is 16.7 Å². The predicted octanol–water partition coefficient (Wildman–Crippen LogP) is 12.3. The molecule has 390 valence electrons. The van der Waals surface area contributed by atoms with Crippen LogP contribution in [-0.4, -0.2) is 80.5 Å². The lowest BCUT2D eigenvalue weighted by Crippen LogP contribution is -2.39. The number of amides is 4. The maximum Gasteiger partial charge on any atom is 0.415 e. The third kappa shape index (κ3) is 10.4. The zero-order valence-electron chi connectivity index (χ0n) is 42.9. The lowest BCUT2D eigenvalue weighted by molar-refractivity contribution is -0.385. The van der Waals surface area contributed by atoms with Crippen LogP contribution in [-0.2, 0) is 47.1 Å². The summed E-state index contributed by atoms with van der Waals surface area (Å²) >= 11 is 0. The minimum absolute atomic E-state index is 0.0101. The normalized spacial score (nSPS) is 11.3. The van der Waals surface area contributed by atoms with Crippen molar-refractivity contribution in [3.63, 3.8) is 0 Å². The van der Waals surface area contributed by atoms with Gasteiger partial charge in [-0.3, -0.25) is 10.1 Å². The van der Waals surface area contributed by atoms with Gasteiger partial charge in [0, 0.05) is 51.4 Å². The summed E-state index contributed by atoms with van der Waals surface area (Å²) in [4.78, 5) is 67.6. The number of hydrogen-bond acceptors (Lipinski definition) is 12. The molecule has 10 aromatic rings. The Morgan fingerprint density at radius 1 is 0.506 bits per heavy atom. The van der Waals surface area contributed by atoms with Gasteiger partial charge in [0.2, 0.25) is 0 Å². The summed E-state index contributed by atoms with van der Waals surface area (Å²) in [5.41, 5.74) is 2.90. The van der Waals surface area contributed by atoms with E-state index < -0.39 is 35.9 Å². The Kier molecular flexibility index (Phi) is 14.3. The van der Waals surface area contributed by atoms with Crippen LogP contribution in [0, 0.1) is 17.0 Å². The van der Waals surface area contributed by atoms with E-state index in [1.165, 1.54) is 50.2 Å². The van der Waals surface area contributed by atoms with Crippen LogP contribution in [0.5, 0.6) is 17.2 Å². The van der Waals surface area contributed by atoms with Gasteiger partial charge in [-0.25, -0.2) is 19.2 Å². The van der Waals surface area contributed by atoms with E-state index in [-0.39, 0.29) is 67.9 Å². The van der Waals surface area contributed by atoms with E-state index >= 15 is 0 Å². The second-order valence-corrected chi connectivity index (χ2v) is 18.8. The van der Waals surface area contributed by atoms with Crippen LogP contribution < -0.4 is 24.8 Å². The molecule has 0 spiro atoms. The number of nitrogens with zero attached hydrogens (tertiary/aromatic N) is 3. The van der Waals surface area contributed by atoms with E-state index in [9.17, 15) is 29.3 Å². The number of hydrogen-bond donors (Lipinski definition) is 2. The topological polar surface area (TPSA) is 197 Å². The van der Waals surface area contributed by atoms with Crippen LogP contribution in [0.1, 0.15) is 33.4 Å². The molecule has 0 aromatic heterocycles. The first-order valence-corrected chi connectivity index (χ1v) is 24.7. The second-order valence-electron chi connectivity index (χ2n) is 18.8. The average molecular weight is 1040 g/mol. The Bertz CT molecular complexity index is 3700. The van der Waals surface area contributed by atoms with Crippen LogP contribution in [0.2, 0.25) is 0 Å². The molecular weight excluding hydrogens is 983 g/mol. The highest BCUT2D eigenvalue weighted by atomic mass is 16.6. The van der Waals surface area contributed by atoms with Crippen LogP contribution in [0.25, 0.3) is 64.6 Å². The second kappa shape index (κ2) is 21.7. The molecule has 0 aliphatic rings. The molecule has 0 radical (unpaired) electrons.